The van der Waals surface area contributed by atoms with E-state index in [1.165, 1.54) is 0 Å². The van der Waals surface area contributed by atoms with Crippen molar-refractivity contribution in [2.45, 2.75) is 0 Å². The van der Waals surface area contributed by atoms with Gasteiger partial charge in [-0.2, -0.15) is 0 Å². The molecule has 0 aliphatic heterocycles. The van der Waals surface area contributed by atoms with Crippen LogP contribution in [0.4, 0.5) is 15.0 Å². The number of methoxy groups -OCH3 is 1. The summed E-state index contributed by atoms with van der Waals surface area (Å²) in [6.45, 7) is -0.227. The van der Waals surface area contributed by atoms with E-state index in [2.05, 4.69) is 20.4 Å². The third-order valence-corrected chi connectivity index (χ3v) is 1.92. The second kappa shape index (κ2) is 6.50. The summed E-state index contributed by atoms with van der Waals surface area (Å²) in [7, 11) is 1.11. The average molecular weight is 257 g/mol. The first kappa shape index (κ1) is 13.8. The van der Waals surface area contributed by atoms with Gasteiger partial charge in [-0.3, -0.25) is 5.32 Å². The molecule has 0 atom stereocenters. The van der Waals surface area contributed by atoms with Gasteiger partial charge in [0.15, 0.2) is 11.6 Å². The number of nitrogens with zero attached hydrogens (tertiary/aromatic N) is 1. The molecule has 0 radical (unpaired) electrons. The van der Waals surface area contributed by atoms with Crippen LogP contribution in [0.1, 0.15) is 10.4 Å². The molecule has 0 fully saturated rings. The Morgan fingerprint density at radius 2 is 2.28 bits per heavy atom. The zero-order chi connectivity index (χ0) is 13.5. The molecule has 0 aliphatic carbocycles. The SMILES string of the molecule is COC(=O)c1ccnc(NC(=O)NCCO)c1F. The molecule has 0 aliphatic rings. The minimum atomic E-state index is -0.983. The fourth-order valence-corrected chi connectivity index (χ4v) is 1.12. The summed E-state index contributed by atoms with van der Waals surface area (Å²) in [6, 6.07) is 0.398. The number of carbonyl (C=O) groups excluding carboxylic acids is 2. The van der Waals surface area contributed by atoms with Crippen molar-refractivity contribution in [3.63, 3.8) is 0 Å². The lowest BCUT2D eigenvalue weighted by Gasteiger charge is -2.08. The summed E-state index contributed by atoms with van der Waals surface area (Å²) < 4.78 is 18.1. The number of nitrogens with one attached hydrogen (secondary N) is 2. The average Bonchev–Trinajstić information content (AvgIpc) is 2.38. The van der Waals surface area contributed by atoms with E-state index in [9.17, 15) is 14.0 Å². The van der Waals surface area contributed by atoms with Gasteiger partial charge in [0, 0.05) is 12.7 Å². The number of ether oxygens (including phenoxy) is 1. The van der Waals surface area contributed by atoms with Crippen LogP contribution in [0.2, 0.25) is 0 Å². The van der Waals surface area contributed by atoms with Crippen molar-refractivity contribution >= 4 is 17.8 Å². The molecule has 0 saturated heterocycles. The maximum atomic E-state index is 13.7. The molecule has 2 amide bonds. The van der Waals surface area contributed by atoms with Crippen LogP contribution in [0.15, 0.2) is 12.3 Å². The van der Waals surface area contributed by atoms with Gasteiger partial charge < -0.3 is 15.2 Å². The van der Waals surface area contributed by atoms with Crippen molar-refractivity contribution in [2.24, 2.45) is 0 Å². The van der Waals surface area contributed by atoms with Crippen LogP contribution in [-0.4, -0.2) is 42.4 Å². The van der Waals surface area contributed by atoms with E-state index in [0.29, 0.717) is 0 Å². The molecule has 0 saturated carbocycles. The van der Waals surface area contributed by atoms with Crippen molar-refractivity contribution in [1.29, 1.82) is 0 Å². The molecule has 1 rings (SSSR count). The van der Waals surface area contributed by atoms with E-state index in [1.807, 2.05) is 0 Å². The molecular weight excluding hydrogens is 245 g/mol. The van der Waals surface area contributed by atoms with Crippen molar-refractivity contribution in [3.8, 4) is 0 Å². The molecule has 0 unspecified atom stereocenters. The van der Waals surface area contributed by atoms with Crippen LogP contribution >= 0.6 is 0 Å². The Bertz CT molecular complexity index is 453. The number of anilines is 1. The summed E-state index contributed by atoms with van der Waals surface area (Å²) in [5.74, 6) is -2.24. The molecular formula is C10H12FN3O4. The summed E-state index contributed by atoms with van der Waals surface area (Å²) in [5, 5.41) is 12.8. The zero-order valence-electron chi connectivity index (χ0n) is 9.57. The van der Waals surface area contributed by atoms with E-state index in [1.54, 1.807) is 0 Å². The summed E-state index contributed by atoms with van der Waals surface area (Å²) in [5.41, 5.74) is -0.329. The fraction of sp³-hybridized carbons (Fsp3) is 0.300. The van der Waals surface area contributed by atoms with Gasteiger partial charge in [-0.1, -0.05) is 0 Å². The van der Waals surface area contributed by atoms with Gasteiger partial charge in [0.1, 0.15) is 5.56 Å². The highest BCUT2D eigenvalue weighted by atomic mass is 19.1. The van der Waals surface area contributed by atoms with Crippen molar-refractivity contribution in [3.05, 3.63) is 23.6 Å². The number of aliphatic hydroxyl groups excluding tert-OH is 1. The molecule has 1 aromatic heterocycles. The summed E-state index contributed by atoms with van der Waals surface area (Å²) in [6.07, 6.45) is 1.16. The van der Waals surface area contributed by atoms with Crippen LogP contribution in [-0.2, 0) is 4.74 Å². The van der Waals surface area contributed by atoms with Gasteiger partial charge >= 0.3 is 12.0 Å². The van der Waals surface area contributed by atoms with Gasteiger partial charge in [-0.25, -0.2) is 19.0 Å². The maximum Gasteiger partial charge on any atom is 0.341 e. The predicted octanol–water partition coefficient (Wildman–Crippen LogP) is 0.121. The Morgan fingerprint density at radius 3 is 2.89 bits per heavy atom. The molecule has 3 N–H and O–H groups in total. The molecule has 7 nitrogen and oxygen atoms in total. The molecule has 0 spiro atoms. The van der Waals surface area contributed by atoms with E-state index in [4.69, 9.17) is 5.11 Å². The Hall–Kier alpha value is -2.22. The van der Waals surface area contributed by atoms with E-state index in [-0.39, 0.29) is 18.7 Å². The molecule has 8 heteroatoms. The highest BCUT2D eigenvalue weighted by molar-refractivity contribution is 5.93. The van der Waals surface area contributed by atoms with Crippen LogP contribution in [0.3, 0.4) is 0 Å². The van der Waals surface area contributed by atoms with Crippen LogP contribution in [0.5, 0.6) is 0 Å². The molecule has 1 aromatic rings. The number of carbonyl (C=O) groups is 2. The minimum absolute atomic E-state index is 0.0180. The number of aliphatic hydroxyl groups is 1. The number of halogens is 1. The van der Waals surface area contributed by atoms with E-state index in [0.717, 1.165) is 19.4 Å². The normalized spacial score (nSPS) is 9.72. The lowest BCUT2D eigenvalue weighted by Crippen LogP contribution is -2.31. The molecule has 0 aromatic carbocycles. The number of hydrogen-bond donors (Lipinski definition) is 3. The number of amides is 2. The Morgan fingerprint density at radius 1 is 1.56 bits per heavy atom. The van der Waals surface area contributed by atoms with Gasteiger partial charge in [0.25, 0.3) is 0 Å². The quantitative estimate of drug-likeness (QED) is 0.665. The van der Waals surface area contributed by atoms with E-state index < -0.39 is 23.6 Å². The standard InChI is InChI=1S/C10H12FN3O4/c1-18-9(16)6-2-3-12-8(7(6)11)14-10(17)13-4-5-15/h2-3,15H,4-5H2,1H3,(H2,12,13,14,17). The van der Waals surface area contributed by atoms with Gasteiger partial charge in [-0.15, -0.1) is 0 Å². The van der Waals surface area contributed by atoms with Crippen LogP contribution in [0, 0.1) is 5.82 Å². The number of pyridine rings is 1. The molecule has 98 valence electrons. The first-order chi connectivity index (χ1) is 8.60. The van der Waals surface area contributed by atoms with Crippen molar-refractivity contribution in [2.75, 3.05) is 25.6 Å². The Labute approximate surface area is 102 Å². The van der Waals surface area contributed by atoms with Crippen molar-refractivity contribution in [1.82, 2.24) is 10.3 Å². The van der Waals surface area contributed by atoms with E-state index >= 15 is 0 Å². The van der Waals surface area contributed by atoms with Crippen LogP contribution < -0.4 is 10.6 Å². The third-order valence-electron chi connectivity index (χ3n) is 1.92. The summed E-state index contributed by atoms with van der Waals surface area (Å²) >= 11 is 0. The maximum absolute atomic E-state index is 13.7. The monoisotopic (exact) mass is 257 g/mol. The highest BCUT2D eigenvalue weighted by Gasteiger charge is 2.17. The topological polar surface area (TPSA) is 101 Å². The second-order valence-electron chi connectivity index (χ2n) is 3.12. The molecule has 0 bridgehead atoms. The summed E-state index contributed by atoms with van der Waals surface area (Å²) in [4.78, 5) is 26.0. The zero-order valence-corrected chi connectivity index (χ0v) is 9.57. The first-order valence-electron chi connectivity index (χ1n) is 4.98. The third kappa shape index (κ3) is 3.39. The lowest BCUT2D eigenvalue weighted by molar-refractivity contribution is 0.0595. The molecule has 1 heterocycles. The van der Waals surface area contributed by atoms with Gasteiger partial charge in [-0.05, 0) is 6.07 Å². The number of rotatable bonds is 4. The Balaban J connectivity index is 2.84. The largest absolute Gasteiger partial charge is 0.465 e. The number of hydrogen-bond acceptors (Lipinski definition) is 5. The Kier molecular flexibility index (Phi) is 5.00. The highest BCUT2D eigenvalue weighted by Crippen LogP contribution is 2.15. The lowest BCUT2D eigenvalue weighted by atomic mass is 10.2. The van der Waals surface area contributed by atoms with Crippen LogP contribution in [0.25, 0.3) is 0 Å². The smallest absolute Gasteiger partial charge is 0.341 e. The number of urea groups is 1. The van der Waals surface area contributed by atoms with Gasteiger partial charge in [0.2, 0.25) is 0 Å². The van der Waals surface area contributed by atoms with Gasteiger partial charge in [0.05, 0.1) is 13.7 Å². The minimum Gasteiger partial charge on any atom is -0.465 e. The first-order valence-corrected chi connectivity index (χ1v) is 4.98. The van der Waals surface area contributed by atoms with Crippen molar-refractivity contribution < 1.29 is 23.8 Å². The molecule has 18 heavy (non-hydrogen) atoms. The predicted molar refractivity (Wildman–Crippen MR) is 59.6 cm³/mol. The fourth-order valence-electron chi connectivity index (χ4n) is 1.12. The number of esters is 1. The second-order valence-corrected chi connectivity index (χ2v) is 3.12. The number of aromatic nitrogens is 1.